The van der Waals surface area contributed by atoms with Crippen molar-refractivity contribution in [2.45, 2.75) is 114 Å². The number of amides is 4. The van der Waals surface area contributed by atoms with Gasteiger partial charge in [0.1, 0.15) is 11.9 Å². The number of nitrogens with one attached hydrogen (secondary N) is 2. The molecule has 0 radical (unpaired) electrons. The van der Waals surface area contributed by atoms with Gasteiger partial charge in [-0.1, -0.05) is 19.4 Å². The highest BCUT2D eigenvalue weighted by Gasteiger charge is 2.62. The summed E-state index contributed by atoms with van der Waals surface area (Å²) < 4.78 is 33.4. The molecule has 18 heteroatoms. The zero-order valence-electron chi connectivity index (χ0n) is 33.9. The summed E-state index contributed by atoms with van der Waals surface area (Å²) in [6.07, 6.45) is 10.9. The van der Waals surface area contributed by atoms with E-state index in [0.29, 0.717) is 81.2 Å². The van der Waals surface area contributed by atoms with E-state index in [2.05, 4.69) is 22.5 Å². The molecule has 6 heterocycles. The number of imide groups is 1. The summed E-state index contributed by atoms with van der Waals surface area (Å²) in [5.74, 6) is 1.08. The normalized spacial score (nSPS) is 25.3. The highest BCUT2D eigenvalue weighted by atomic mass is 32.2. The van der Waals surface area contributed by atoms with Crippen LogP contribution < -0.4 is 21.2 Å². The first-order valence-electron chi connectivity index (χ1n) is 21.4. The molecule has 3 atom stereocenters. The van der Waals surface area contributed by atoms with Crippen LogP contribution in [0.3, 0.4) is 0 Å². The van der Waals surface area contributed by atoms with Gasteiger partial charge in [-0.15, -0.1) is 0 Å². The van der Waals surface area contributed by atoms with Gasteiger partial charge in [-0.2, -0.15) is 22.0 Å². The number of carbonyl (C=O) groups excluding carboxylic acids is 4. The van der Waals surface area contributed by atoms with Gasteiger partial charge in [0.2, 0.25) is 29.6 Å². The molecule has 4 amide bonds. The third-order valence-corrected chi connectivity index (χ3v) is 15.9. The Morgan fingerprint density at radius 2 is 1.68 bits per heavy atom. The number of piperazine rings is 1. The van der Waals surface area contributed by atoms with Crippen molar-refractivity contribution < 1.29 is 27.6 Å². The van der Waals surface area contributed by atoms with Crippen LogP contribution in [-0.2, 0) is 48.3 Å². The number of hydrogen-bond donors (Lipinski definition) is 2. The molecule has 3 aromatic rings. The Morgan fingerprint density at radius 3 is 2.37 bits per heavy atom. The zero-order valence-corrected chi connectivity index (χ0v) is 34.7. The Kier molecular flexibility index (Phi) is 10.4. The van der Waals surface area contributed by atoms with Crippen molar-refractivity contribution in [1.82, 2.24) is 37.9 Å². The molecule has 2 N–H and O–H groups in total. The summed E-state index contributed by atoms with van der Waals surface area (Å²) in [6.45, 7) is 4.16. The van der Waals surface area contributed by atoms with E-state index in [1.165, 1.54) is 13.4 Å². The molecule has 2 saturated carbocycles. The number of hydrogen-bond acceptors (Lipinski definition) is 10. The standard InChI is InChI=1S/C41H54N10O7S/c1-26-6-5-8-30(26)51-36-29(41(16-17-41)38(51)55)25-42-39(45-36)43-28-14-18-48(19-15-28)59(57,58)49-22-20-47(21-23-49)35(53)9-4-3-7-27-10-11-31-33(24-27)46(2)40(56)50(31)32-12-13-34(52)44-37(32)54/h10-11,24-26,28,30,32H,3-9,12-23H2,1-2H3,(H,42,43,45)(H,44,52,54). The Bertz CT molecular complexity index is 2360. The van der Waals surface area contributed by atoms with Crippen molar-refractivity contribution in [3.8, 4) is 0 Å². The van der Waals surface area contributed by atoms with Crippen LogP contribution in [0.5, 0.6) is 0 Å². The fourth-order valence-corrected chi connectivity index (χ4v) is 11.8. The molecule has 5 fully saturated rings. The smallest absolute Gasteiger partial charge is 0.329 e. The van der Waals surface area contributed by atoms with E-state index < -0.39 is 27.6 Å². The van der Waals surface area contributed by atoms with Gasteiger partial charge in [0.25, 0.3) is 10.2 Å². The molecule has 17 nitrogen and oxygen atoms in total. The number of anilines is 2. The van der Waals surface area contributed by atoms with Gasteiger partial charge in [-0.05, 0) is 87.8 Å². The molecule has 59 heavy (non-hydrogen) atoms. The first kappa shape index (κ1) is 39.8. The predicted octanol–water partition coefficient (Wildman–Crippen LogP) is 2.35. The number of unbranched alkanes of at least 4 members (excludes halogenated alkanes) is 1. The van der Waals surface area contributed by atoms with E-state index in [1.807, 2.05) is 29.3 Å². The first-order chi connectivity index (χ1) is 28.4. The lowest BCUT2D eigenvalue weighted by molar-refractivity contribution is -0.136. The lowest BCUT2D eigenvalue weighted by Gasteiger charge is -2.39. The van der Waals surface area contributed by atoms with E-state index in [-0.39, 0.29) is 61.4 Å². The van der Waals surface area contributed by atoms with Gasteiger partial charge >= 0.3 is 5.69 Å². The minimum Gasteiger partial charge on any atom is -0.351 e. The van der Waals surface area contributed by atoms with Gasteiger partial charge in [0, 0.05) is 83.0 Å². The highest BCUT2D eigenvalue weighted by Crippen LogP contribution is 2.58. The van der Waals surface area contributed by atoms with E-state index in [0.717, 1.165) is 55.5 Å². The third kappa shape index (κ3) is 7.13. The predicted molar refractivity (Wildman–Crippen MR) is 219 cm³/mol. The molecule has 1 spiro atoms. The maximum atomic E-state index is 13.7. The number of rotatable bonds is 11. The number of carbonyl (C=O) groups is 4. The van der Waals surface area contributed by atoms with Crippen molar-refractivity contribution in [3.05, 3.63) is 46.0 Å². The number of aryl methyl sites for hydroxylation is 2. The summed E-state index contributed by atoms with van der Waals surface area (Å²) in [5.41, 5.74) is 2.57. The minimum atomic E-state index is -3.69. The topological polar surface area (TPSA) is 192 Å². The molecular formula is C41H54N10O7S. The molecule has 9 rings (SSSR count). The fraction of sp³-hybridized carbons (Fsp3) is 0.634. The number of fused-ring (bicyclic) bond motifs is 3. The molecule has 316 valence electrons. The van der Waals surface area contributed by atoms with E-state index in [1.54, 1.807) is 16.3 Å². The zero-order chi connectivity index (χ0) is 41.2. The SMILES string of the molecule is CC1CCCC1N1C(=O)C2(CC2)c2cnc(NC3CCN(S(=O)(=O)N4CCN(C(=O)CCCCc5ccc6c(c5)n(C)c(=O)n6C5CCC(=O)NC5=O)CC4)CC3)nc21. The monoisotopic (exact) mass is 830 g/mol. The lowest BCUT2D eigenvalue weighted by atomic mass is 10.0. The highest BCUT2D eigenvalue weighted by molar-refractivity contribution is 7.86. The Balaban J connectivity index is 0.726. The molecule has 1 aromatic carbocycles. The molecule has 6 aliphatic rings. The van der Waals surface area contributed by atoms with Crippen LogP contribution in [0, 0.1) is 5.92 Å². The summed E-state index contributed by atoms with van der Waals surface area (Å²) in [5, 5.41) is 5.78. The maximum Gasteiger partial charge on any atom is 0.329 e. The molecule has 2 aromatic heterocycles. The van der Waals surface area contributed by atoms with Crippen molar-refractivity contribution in [1.29, 1.82) is 0 Å². The second-order valence-electron chi connectivity index (χ2n) is 17.5. The quantitative estimate of drug-likeness (QED) is 0.214. The van der Waals surface area contributed by atoms with Gasteiger partial charge in [0.05, 0.1) is 16.4 Å². The second-order valence-corrected chi connectivity index (χ2v) is 19.4. The van der Waals surface area contributed by atoms with Gasteiger partial charge < -0.3 is 10.2 Å². The van der Waals surface area contributed by atoms with Crippen LogP contribution in [0.15, 0.2) is 29.2 Å². The van der Waals surface area contributed by atoms with Crippen LogP contribution in [0.4, 0.5) is 11.8 Å². The number of nitrogens with zero attached hydrogens (tertiary/aromatic N) is 8. The summed E-state index contributed by atoms with van der Waals surface area (Å²) >= 11 is 0. The number of aromatic nitrogens is 4. The van der Waals surface area contributed by atoms with Crippen LogP contribution in [-0.4, -0.2) is 116 Å². The Hall–Kier alpha value is -4.68. The fourth-order valence-electron chi connectivity index (χ4n) is 10.1. The molecule has 4 aliphatic heterocycles. The number of piperidine rings is 2. The second kappa shape index (κ2) is 15.4. The van der Waals surface area contributed by atoms with E-state index >= 15 is 0 Å². The van der Waals surface area contributed by atoms with E-state index in [4.69, 9.17) is 4.98 Å². The first-order valence-corrected chi connectivity index (χ1v) is 22.8. The lowest BCUT2D eigenvalue weighted by Crippen LogP contribution is -2.55. The Labute approximate surface area is 343 Å². The van der Waals surface area contributed by atoms with Crippen LogP contribution in [0.2, 0.25) is 0 Å². The van der Waals surface area contributed by atoms with Gasteiger partial charge in [-0.3, -0.25) is 38.5 Å². The maximum absolute atomic E-state index is 13.7. The summed E-state index contributed by atoms with van der Waals surface area (Å²) in [6, 6.07) is 5.16. The van der Waals surface area contributed by atoms with Gasteiger partial charge in [-0.25, -0.2) is 9.78 Å². The summed E-state index contributed by atoms with van der Waals surface area (Å²) in [4.78, 5) is 77.3. The average Bonchev–Trinajstić information content (AvgIpc) is 3.81. The van der Waals surface area contributed by atoms with Gasteiger partial charge in [0.15, 0.2) is 0 Å². The molecule has 3 saturated heterocycles. The number of imidazole rings is 1. The third-order valence-electron chi connectivity index (χ3n) is 13.9. The van der Waals surface area contributed by atoms with Crippen molar-refractivity contribution in [2.75, 3.05) is 49.5 Å². The molecule has 2 aliphatic carbocycles. The van der Waals surface area contributed by atoms with Crippen LogP contribution in [0.25, 0.3) is 11.0 Å². The largest absolute Gasteiger partial charge is 0.351 e. The number of benzene rings is 1. The molecule has 3 unspecified atom stereocenters. The van der Waals surface area contributed by atoms with E-state index in [9.17, 15) is 32.4 Å². The van der Waals surface area contributed by atoms with Crippen LogP contribution in [0.1, 0.15) is 101 Å². The Morgan fingerprint density at radius 1 is 0.932 bits per heavy atom. The average molecular weight is 831 g/mol. The summed E-state index contributed by atoms with van der Waals surface area (Å²) in [7, 11) is -2.02. The van der Waals surface area contributed by atoms with Crippen molar-refractivity contribution in [3.63, 3.8) is 0 Å². The molecular weight excluding hydrogens is 777 g/mol. The van der Waals surface area contributed by atoms with Crippen molar-refractivity contribution >= 4 is 56.6 Å². The van der Waals surface area contributed by atoms with Crippen LogP contribution >= 0.6 is 0 Å². The van der Waals surface area contributed by atoms with Crippen molar-refractivity contribution in [2.24, 2.45) is 13.0 Å². The minimum absolute atomic E-state index is 0.00315. The molecule has 0 bridgehead atoms.